The number of rotatable bonds is 6. The van der Waals surface area contributed by atoms with Crippen molar-refractivity contribution in [2.45, 2.75) is 38.5 Å². The van der Waals surface area contributed by atoms with Gasteiger partial charge in [0.05, 0.1) is 18.3 Å². The van der Waals surface area contributed by atoms with Crippen LogP contribution in [0.4, 0.5) is 0 Å². The molecular weight excluding hydrogens is 470 g/mol. The van der Waals surface area contributed by atoms with Crippen molar-refractivity contribution >= 4 is 17.9 Å². The first-order chi connectivity index (χ1) is 18.0. The van der Waals surface area contributed by atoms with Crippen molar-refractivity contribution in [3.8, 4) is 0 Å². The number of allylic oxidation sites excluding steroid dienone is 1. The van der Waals surface area contributed by atoms with Crippen molar-refractivity contribution in [1.82, 2.24) is 24.8 Å². The molecule has 0 unspecified atom stereocenters. The zero-order valence-corrected chi connectivity index (χ0v) is 20.7. The van der Waals surface area contributed by atoms with Gasteiger partial charge in [0.15, 0.2) is 0 Å². The van der Waals surface area contributed by atoms with Gasteiger partial charge in [-0.25, -0.2) is 4.98 Å². The largest absolute Gasteiger partial charge is 0.396 e. The molecule has 0 aliphatic carbocycles. The maximum Gasteiger partial charge on any atom is 0.275 e. The minimum absolute atomic E-state index is 0.0973. The summed E-state index contributed by atoms with van der Waals surface area (Å²) in [7, 11) is 0. The molecule has 3 aromatic rings. The number of hydrogen-bond donors (Lipinski definition) is 2. The summed E-state index contributed by atoms with van der Waals surface area (Å²) in [6.45, 7) is 3.71. The lowest BCUT2D eigenvalue weighted by atomic mass is 9.88. The van der Waals surface area contributed by atoms with Crippen molar-refractivity contribution in [3.05, 3.63) is 100.0 Å². The number of aromatic nitrogens is 3. The number of carbonyl (C=O) groups excluding carboxylic acids is 2. The highest BCUT2D eigenvalue weighted by molar-refractivity contribution is 5.97. The molecule has 0 saturated carbocycles. The molecule has 2 aliphatic heterocycles. The van der Waals surface area contributed by atoms with E-state index < -0.39 is 23.9 Å². The summed E-state index contributed by atoms with van der Waals surface area (Å²) in [5.41, 5.74) is 2.05. The van der Waals surface area contributed by atoms with Crippen molar-refractivity contribution < 1.29 is 14.7 Å². The molecule has 190 valence electrons. The molecule has 1 aromatic carbocycles. The molecule has 2 aliphatic rings. The highest BCUT2D eigenvalue weighted by atomic mass is 16.3. The number of fused-ring (bicyclic) bond motifs is 3. The lowest BCUT2D eigenvalue weighted by Crippen LogP contribution is -2.51. The summed E-state index contributed by atoms with van der Waals surface area (Å²) < 4.78 is 1.66. The molecule has 1 saturated heterocycles. The number of aliphatic hydroxyl groups is 1. The van der Waals surface area contributed by atoms with Crippen molar-refractivity contribution in [1.29, 1.82) is 0 Å². The molecule has 2 aromatic heterocycles. The Morgan fingerprint density at radius 3 is 2.65 bits per heavy atom. The van der Waals surface area contributed by atoms with E-state index in [1.54, 1.807) is 22.8 Å². The van der Waals surface area contributed by atoms with Gasteiger partial charge in [-0.15, -0.1) is 0 Å². The summed E-state index contributed by atoms with van der Waals surface area (Å²) in [6, 6.07) is 11.3. The maximum absolute atomic E-state index is 13.8. The predicted octanol–water partition coefficient (Wildman–Crippen LogP) is 2.35. The minimum atomic E-state index is -0.945. The van der Waals surface area contributed by atoms with Crippen molar-refractivity contribution in [2.24, 2.45) is 11.8 Å². The quantitative estimate of drug-likeness (QED) is 0.538. The van der Waals surface area contributed by atoms with Crippen LogP contribution in [-0.4, -0.2) is 49.0 Å². The Balaban J connectivity index is 1.57. The third kappa shape index (κ3) is 4.25. The van der Waals surface area contributed by atoms with Gasteiger partial charge in [-0.2, -0.15) is 0 Å². The van der Waals surface area contributed by atoms with E-state index in [1.807, 2.05) is 50.2 Å². The molecule has 1 fully saturated rings. The molecular formula is C28H29N5O4. The highest BCUT2D eigenvalue weighted by Crippen LogP contribution is 2.49. The van der Waals surface area contributed by atoms with E-state index in [1.165, 1.54) is 23.5 Å². The Morgan fingerprint density at radius 2 is 1.97 bits per heavy atom. The molecule has 9 heteroatoms. The van der Waals surface area contributed by atoms with Crippen molar-refractivity contribution in [2.75, 3.05) is 6.61 Å². The fourth-order valence-corrected chi connectivity index (χ4v) is 5.70. The zero-order chi connectivity index (χ0) is 26.1. The summed E-state index contributed by atoms with van der Waals surface area (Å²) in [4.78, 5) is 50.5. The van der Waals surface area contributed by atoms with Crippen molar-refractivity contribution in [3.63, 3.8) is 0 Å². The van der Waals surface area contributed by atoms with Gasteiger partial charge in [-0.05, 0) is 31.5 Å². The molecule has 4 heterocycles. The molecule has 2 amide bonds. The lowest BCUT2D eigenvalue weighted by molar-refractivity contribution is -0.127. The van der Waals surface area contributed by atoms with Crippen LogP contribution in [0.1, 0.15) is 53.2 Å². The Kier molecular flexibility index (Phi) is 6.71. The zero-order valence-electron chi connectivity index (χ0n) is 20.7. The van der Waals surface area contributed by atoms with Crippen LogP contribution < -0.4 is 10.9 Å². The second-order valence-electron chi connectivity index (χ2n) is 9.47. The minimum Gasteiger partial charge on any atom is -0.396 e. The number of nitrogens with zero attached hydrogens (tertiary/aromatic N) is 4. The average molecular weight is 500 g/mol. The third-order valence-electron chi connectivity index (χ3n) is 7.40. The van der Waals surface area contributed by atoms with Gasteiger partial charge in [0.1, 0.15) is 11.7 Å². The van der Waals surface area contributed by atoms with Crippen LogP contribution in [0.2, 0.25) is 0 Å². The van der Waals surface area contributed by atoms with Gasteiger partial charge in [0.25, 0.3) is 11.5 Å². The van der Waals surface area contributed by atoms with E-state index in [0.29, 0.717) is 17.8 Å². The van der Waals surface area contributed by atoms with Crippen LogP contribution in [0.5, 0.6) is 0 Å². The van der Waals surface area contributed by atoms with Gasteiger partial charge in [-0.1, -0.05) is 42.5 Å². The first-order valence-electron chi connectivity index (χ1n) is 12.4. The van der Waals surface area contributed by atoms with Crippen LogP contribution >= 0.6 is 0 Å². The molecule has 0 bridgehead atoms. The SMILES string of the molecule is C/C=C\c1ccc2n(c1=O)C[C@@H]1[C@@H](CO)[C@H](C(=O)N[C@@H](C)c3ccccc3)N(C(=O)c3cnccn3)[C@H]21. The van der Waals surface area contributed by atoms with E-state index in [4.69, 9.17) is 0 Å². The van der Waals surface area contributed by atoms with Crippen LogP contribution in [0.25, 0.3) is 6.08 Å². The molecule has 5 rings (SSSR count). The predicted molar refractivity (Wildman–Crippen MR) is 137 cm³/mol. The van der Waals surface area contributed by atoms with Crippen LogP contribution in [-0.2, 0) is 11.3 Å². The molecule has 2 N–H and O–H groups in total. The van der Waals surface area contributed by atoms with E-state index in [2.05, 4.69) is 15.3 Å². The monoisotopic (exact) mass is 499 g/mol. The number of hydrogen-bond acceptors (Lipinski definition) is 6. The van der Waals surface area contributed by atoms with E-state index in [9.17, 15) is 19.5 Å². The second-order valence-corrected chi connectivity index (χ2v) is 9.47. The number of carbonyl (C=O) groups is 2. The van der Waals surface area contributed by atoms with Crippen LogP contribution in [0.3, 0.4) is 0 Å². The summed E-state index contributed by atoms with van der Waals surface area (Å²) in [5.74, 6) is -1.72. The Labute approximate surface area is 214 Å². The van der Waals surface area contributed by atoms with E-state index in [0.717, 1.165) is 5.56 Å². The Morgan fingerprint density at radius 1 is 1.19 bits per heavy atom. The van der Waals surface area contributed by atoms with Crippen LogP contribution in [0.15, 0.2) is 71.9 Å². The molecule has 5 atom stereocenters. The van der Waals surface area contributed by atoms with Gasteiger partial charge in [0, 0.05) is 48.6 Å². The Bertz CT molecular complexity index is 1390. The fourth-order valence-electron chi connectivity index (χ4n) is 5.70. The molecule has 37 heavy (non-hydrogen) atoms. The van der Waals surface area contributed by atoms with Gasteiger partial charge in [-0.3, -0.25) is 19.4 Å². The van der Waals surface area contributed by atoms with E-state index >= 15 is 0 Å². The first kappa shape index (κ1) is 24.6. The Hall–Kier alpha value is -4.11. The first-order valence-corrected chi connectivity index (χ1v) is 12.4. The lowest BCUT2D eigenvalue weighted by Gasteiger charge is -2.31. The van der Waals surface area contributed by atoms with Gasteiger partial charge in [0.2, 0.25) is 5.91 Å². The molecule has 9 nitrogen and oxygen atoms in total. The number of nitrogens with one attached hydrogen (secondary N) is 1. The van der Waals surface area contributed by atoms with Gasteiger partial charge >= 0.3 is 0 Å². The second kappa shape index (κ2) is 10.1. The highest BCUT2D eigenvalue weighted by Gasteiger charge is 2.57. The smallest absolute Gasteiger partial charge is 0.275 e. The maximum atomic E-state index is 13.8. The standard InChI is InChI=1S/C28H29N5O4/c1-3-7-19-10-11-23-24-20(15-32(23)27(19)36)21(16-34)25(33(24)28(37)22-14-29-12-13-30-22)26(35)31-17(2)18-8-5-4-6-9-18/h3-14,17,20-21,24-25,34H,15-16H2,1-2H3,(H,31,35)/b7-3-/t17-,20+,21+,24-,25+/m0/s1. The fraction of sp³-hybridized carbons (Fsp3) is 0.321. The number of benzene rings is 1. The average Bonchev–Trinajstić information content (AvgIpc) is 3.46. The molecule has 0 spiro atoms. The summed E-state index contributed by atoms with van der Waals surface area (Å²) in [5, 5.41) is 13.5. The number of amides is 2. The van der Waals surface area contributed by atoms with E-state index in [-0.39, 0.29) is 35.7 Å². The molecule has 0 radical (unpaired) electrons. The normalized spacial score (nSPS) is 23.1. The van der Waals surface area contributed by atoms with Gasteiger partial charge < -0.3 is 19.9 Å². The topological polar surface area (TPSA) is 117 Å². The number of pyridine rings is 1. The summed E-state index contributed by atoms with van der Waals surface area (Å²) >= 11 is 0. The third-order valence-corrected chi connectivity index (χ3v) is 7.40. The summed E-state index contributed by atoms with van der Waals surface area (Å²) in [6.07, 6.45) is 7.81. The van der Waals surface area contributed by atoms with Crippen LogP contribution in [0, 0.1) is 11.8 Å². The number of likely N-dealkylation sites (tertiary alicyclic amines) is 1. The number of aliphatic hydroxyl groups excluding tert-OH is 1.